The van der Waals surface area contributed by atoms with Crippen LogP contribution < -0.4 is 0 Å². The fraction of sp³-hybridized carbons (Fsp3) is 0.143. The Bertz CT molecular complexity index is 396. The molecule has 0 aliphatic heterocycles. The second kappa shape index (κ2) is 2.30. The summed E-state index contributed by atoms with van der Waals surface area (Å²) in [6, 6.07) is 0. The van der Waals surface area contributed by atoms with Crippen molar-refractivity contribution in [3.05, 3.63) is 22.8 Å². The van der Waals surface area contributed by atoms with Crippen molar-refractivity contribution in [1.82, 2.24) is 9.97 Å². The third-order valence-electron chi connectivity index (χ3n) is 1.49. The van der Waals surface area contributed by atoms with E-state index in [4.69, 9.17) is 4.42 Å². The molecule has 0 aromatic carbocycles. The smallest absolute Gasteiger partial charge is 0.174 e. The third-order valence-corrected chi connectivity index (χ3v) is 2.05. The molecule has 0 radical (unpaired) electrons. The first kappa shape index (κ1) is 6.79. The lowest BCUT2D eigenvalue weighted by Crippen LogP contribution is -1.82. The van der Waals surface area contributed by atoms with E-state index in [-0.39, 0.29) is 0 Å². The first-order valence-corrected chi connectivity index (χ1v) is 3.92. The van der Waals surface area contributed by atoms with Gasteiger partial charge in [0.15, 0.2) is 5.58 Å². The summed E-state index contributed by atoms with van der Waals surface area (Å²) in [6.07, 6.45) is 3.14. The molecule has 11 heavy (non-hydrogen) atoms. The minimum atomic E-state index is 0.749. The largest absolute Gasteiger partial charge is 0.459 e. The van der Waals surface area contributed by atoms with Crippen LogP contribution in [-0.2, 0) is 0 Å². The van der Waals surface area contributed by atoms with E-state index in [9.17, 15) is 0 Å². The molecule has 3 nitrogen and oxygen atoms in total. The summed E-state index contributed by atoms with van der Waals surface area (Å²) < 4.78 is 6.08. The fourth-order valence-corrected chi connectivity index (χ4v) is 1.32. The first-order valence-electron chi connectivity index (χ1n) is 3.13. The van der Waals surface area contributed by atoms with Crippen molar-refractivity contribution in [2.24, 2.45) is 0 Å². The lowest BCUT2D eigenvalue weighted by Gasteiger charge is -1.89. The van der Waals surface area contributed by atoms with Crippen LogP contribution in [0.2, 0.25) is 0 Å². The average Bonchev–Trinajstić information content (AvgIpc) is 2.35. The molecule has 0 aliphatic carbocycles. The molecule has 0 aliphatic rings. The Morgan fingerprint density at radius 2 is 2.27 bits per heavy atom. The van der Waals surface area contributed by atoms with Crippen molar-refractivity contribution >= 4 is 27.0 Å². The van der Waals surface area contributed by atoms with Gasteiger partial charge in [-0.25, -0.2) is 9.97 Å². The number of hydrogen-bond donors (Lipinski definition) is 0. The van der Waals surface area contributed by atoms with Crippen LogP contribution in [0.3, 0.4) is 0 Å². The normalized spacial score (nSPS) is 10.7. The molecule has 2 rings (SSSR count). The van der Waals surface area contributed by atoms with Crippen molar-refractivity contribution in [1.29, 1.82) is 0 Å². The molecule has 0 fully saturated rings. The standard InChI is InChI=1S/C7H5BrN2O/c1-4-7-6(10-3-9-4)5(8)2-11-7/h2-3H,1H3. The van der Waals surface area contributed by atoms with E-state index >= 15 is 0 Å². The Morgan fingerprint density at radius 3 is 3.00 bits per heavy atom. The predicted molar refractivity (Wildman–Crippen MR) is 44.2 cm³/mol. The van der Waals surface area contributed by atoms with E-state index in [1.807, 2.05) is 6.92 Å². The summed E-state index contributed by atoms with van der Waals surface area (Å²) >= 11 is 3.32. The number of furan rings is 1. The van der Waals surface area contributed by atoms with Crippen LogP contribution in [-0.4, -0.2) is 9.97 Å². The second-order valence-corrected chi connectivity index (χ2v) is 3.07. The highest BCUT2D eigenvalue weighted by Crippen LogP contribution is 2.24. The Labute approximate surface area is 71.6 Å². The molecule has 2 aromatic heterocycles. The number of rotatable bonds is 0. The van der Waals surface area contributed by atoms with Gasteiger partial charge in [-0.1, -0.05) is 0 Å². The van der Waals surface area contributed by atoms with Crippen LogP contribution in [0.25, 0.3) is 11.1 Å². The SMILES string of the molecule is Cc1ncnc2c(Br)coc12. The van der Waals surface area contributed by atoms with Crippen molar-refractivity contribution in [3.8, 4) is 0 Å². The maximum atomic E-state index is 5.21. The number of nitrogens with zero attached hydrogens (tertiary/aromatic N) is 2. The lowest BCUT2D eigenvalue weighted by atomic mass is 10.4. The van der Waals surface area contributed by atoms with Crippen LogP contribution in [0.4, 0.5) is 0 Å². The molecule has 2 aromatic rings. The van der Waals surface area contributed by atoms with Crippen LogP contribution in [0.15, 0.2) is 21.5 Å². The van der Waals surface area contributed by atoms with Gasteiger partial charge in [0, 0.05) is 0 Å². The summed E-state index contributed by atoms with van der Waals surface area (Å²) in [5, 5.41) is 0. The van der Waals surface area contributed by atoms with Gasteiger partial charge >= 0.3 is 0 Å². The second-order valence-electron chi connectivity index (χ2n) is 2.22. The number of halogens is 1. The topological polar surface area (TPSA) is 38.9 Å². The first-order chi connectivity index (χ1) is 5.29. The molecular formula is C7H5BrN2O. The van der Waals surface area contributed by atoms with Crippen LogP contribution in [0.5, 0.6) is 0 Å². The number of hydrogen-bond acceptors (Lipinski definition) is 3. The third kappa shape index (κ3) is 0.939. The molecule has 0 bridgehead atoms. The molecule has 4 heteroatoms. The number of fused-ring (bicyclic) bond motifs is 1. The van der Waals surface area contributed by atoms with E-state index < -0.39 is 0 Å². The van der Waals surface area contributed by atoms with Gasteiger partial charge in [-0.15, -0.1) is 0 Å². The predicted octanol–water partition coefficient (Wildman–Crippen LogP) is 2.29. The van der Waals surface area contributed by atoms with Gasteiger partial charge in [0.2, 0.25) is 0 Å². The molecule has 0 saturated heterocycles. The van der Waals surface area contributed by atoms with E-state index in [2.05, 4.69) is 25.9 Å². The number of aromatic nitrogens is 2. The molecule has 0 amide bonds. The highest BCUT2D eigenvalue weighted by Gasteiger charge is 2.06. The van der Waals surface area contributed by atoms with Gasteiger partial charge in [0.05, 0.1) is 10.2 Å². The summed E-state index contributed by atoms with van der Waals surface area (Å²) in [5.41, 5.74) is 2.44. The summed E-state index contributed by atoms with van der Waals surface area (Å²) in [7, 11) is 0. The summed E-state index contributed by atoms with van der Waals surface area (Å²) in [5.74, 6) is 0. The van der Waals surface area contributed by atoms with E-state index in [0.29, 0.717) is 0 Å². The molecule has 2 heterocycles. The highest BCUT2D eigenvalue weighted by atomic mass is 79.9. The minimum Gasteiger partial charge on any atom is -0.459 e. The highest BCUT2D eigenvalue weighted by molar-refractivity contribution is 9.10. The molecule has 0 saturated carbocycles. The summed E-state index contributed by atoms with van der Waals surface area (Å²) in [4.78, 5) is 8.04. The minimum absolute atomic E-state index is 0.749. The zero-order valence-electron chi connectivity index (χ0n) is 5.84. The Balaban J connectivity index is 2.94. The quantitative estimate of drug-likeness (QED) is 0.673. The lowest BCUT2D eigenvalue weighted by molar-refractivity contribution is 0.608. The fourth-order valence-electron chi connectivity index (χ4n) is 0.940. The van der Waals surface area contributed by atoms with Crippen molar-refractivity contribution < 1.29 is 4.42 Å². The van der Waals surface area contributed by atoms with Crippen molar-refractivity contribution in [3.63, 3.8) is 0 Å². The zero-order valence-corrected chi connectivity index (χ0v) is 7.42. The molecular weight excluding hydrogens is 208 g/mol. The Morgan fingerprint density at radius 1 is 1.45 bits per heavy atom. The van der Waals surface area contributed by atoms with Crippen LogP contribution in [0, 0.1) is 6.92 Å². The van der Waals surface area contributed by atoms with Gasteiger partial charge in [0.25, 0.3) is 0 Å². The average molecular weight is 213 g/mol. The zero-order chi connectivity index (χ0) is 7.84. The maximum Gasteiger partial charge on any atom is 0.174 e. The number of aryl methyl sites for hydroxylation is 1. The van der Waals surface area contributed by atoms with Crippen LogP contribution in [0.1, 0.15) is 5.69 Å². The van der Waals surface area contributed by atoms with Gasteiger partial charge in [0.1, 0.15) is 18.1 Å². The Kier molecular flexibility index (Phi) is 1.42. The molecule has 0 N–H and O–H groups in total. The van der Waals surface area contributed by atoms with Gasteiger partial charge in [-0.05, 0) is 22.9 Å². The van der Waals surface area contributed by atoms with Crippen LogP contribution >= 0.6 is 15.9 Å². The van der Waals surface area contributed by atoms with E-state index in [1.165, 1.54) is 6.33 Å². The van der Waals surface area contributed by atoms with Gasteiger partial charge < -0.3 is 4.42 Å². The summed E-state index contributed by atoms with van der Waals surface area (Å²) in [6.45, 7) is 1.89. The molecule has 56 valence electrons. The van der Waals surface area contributed by atoms with Gasteiger partial charge in [-0.2, -0.15) is 0 Å². The van der Waals surface area contributed by atoms with E-state index in [1.54, 1.807) is 6.26 Å². The van der Waals surface area contributed by atoms with E-state index in [0.717, 1.165) is 21.3 Å². The van der Waals surface area contributed by atoms with Crippen molar-refractivity contribution in [2.75, 3.05) is 0 Å². The Hall–Kier alpha value is -0.900. The monoisotopic (exact) mass is 212 g/mol. The molecule has 0 atom stereocenters. The maximum absolute atomic E-state index is 5.21. The van der Waals surface area contributed by atoms with Crippen molar-refractivity contribution in [2.45, 2.75) is 6.92 Å². The molecule has 0 spiro atoms. The molecule has 0 unspecified atom stereocenters. The van der Waals surface area contributed by atoms with Gasteiger partial charge in [-0.3, -0.25) is 0 Å².